The zero-order valence-corrected chi connectivity index (χ0v) is 13.1. The second kappa shape index (κ2) is 7.12. The van der Waals surface area contributed by atoms with Crippen LogP contribution in [-0.4, -0.2) is 42.4 Å². The number of rotatable bonds is 5. The van der Waals surface area contributed by atoms with Gasteiger partial charge < -0.3 is 4.90 Å². The van der Waals surface area contributed by atoms with Crippen LogP contribution in [0.2, 0.25) is 0 Å². The predicted molar refractivity (Wildman–Crippen MR) is 81.0 cm³/mol. The fraction of sp³-hybridized carbons (Fsp3) is 0.706. The molecule has 4 nitrogen and oxygen atoms in total. The lowest BCUT2D eigenvalue weighted by atomic mass is 9.74. The van der Waals surface area contributed by atoms with Crippen LogP contribution >= 0.6 is 0 Å². The first-order valence-electron chi connectivity index (χ1n) is 8.06. The van der Waals surface area contributed by atoms with Crippen molar-refractivity contribution in [3.05, 3.63) is 11.6 Å². The summed E-state index contributed by atoms with van der Waals surface area (Å²) in [7, 11) is 2.04. The van der Waals surface area contributed by atoms with Gasteiger partial charge in [0.1, 0.15) is 0 Å². The molecule has 4 heteroatoms. The molecule has 0 aromatic heterocycles. The van der Waals surface area contributed by atoms with E-state index < -0.39 is 17.5 Å². The average Bonchev–Trinajstić information content (AvgIpc) is 2.46. The van der Waals surface area contributed by atoms with Crippen molar-refractivity contribution in [1.29, 1.82) is 0 Å². The highest BCUT2D eigenvalue weighted by Crippen LogP contribution is 2.31. The first kappa shape index (κ1) is 16.1. The molecule has 2 rings (SSSR count). The van der Waals surface area contributed by atoms with Crippen LogP contribution in [0.4, 0.5) is 0 Å². The number of carbonyl (C=O) groups excluding carboxylic acids is 3. The van der Waals surface area contributed by atoms with Crippen molar-refractivity contribution in [2.24, 2.45) is 11.8 Å². The van der Waals surface area contributed by atoms with Crippen LogP contribution in [0.1, 0.15) is 45.4 Å². The van der Waals surface area contributed by atoms with Crippen LogP contribution in [0.15, 0.2) is 11.6 Å². The van der Waals surface area contributed by atoms with Crippen LogP contribution in [0.5, 0.6) is 0 Å². The number of piperidine rings is 1. The van der Waals surface area contributed by atoms with E-state index in [1.54, 1.807) is 0 Å². The number of carbonyl (C=O) groups is 3. The highest BCUT2D eigenvalue weighted by Gasteiger charge is 2.42. The average molecular weight is 291 g/mol. The Labute approximate surface area is 126 Å². The maximum atomic E-state index is 12.3. The smallest absolute Gasteiger partial charge is 0.225 e. The van der Waals surface area contributed by atoms with E-state index in [4.69, 9.17) is 0 Å². The number of ketones is 3. The van der Waals surface area contributed by atoms with Crippen LogP contribution < -0.4 is 0 Å². The highest BCUT2D eigenvalue weighted by atomic mass is 16.2. The van der Waals surface area contributed by atoms with Crippen molar-refractivity contribution in [3.63, 3.8) is 0 Å². The summed E-state index contributed by atoms with van der Waals surface area (Å²) in [5.41, 5.74) is 0.433. The number of hydrogen-bond donors (Lipinski definition) is 0. The van der Waals surface area contributed by atoms with E-state index in [1.807, 2.05) is 7.05 Å². The molecule has 1 aliphatic carbocycles. The van der Waals surface area contributed by atoms with Crippen molar-refractivity contribution >= 4 is 17.3 Å². The minimum Gasteiger partial charge on any atom is -0.306 e. The lowest BCUT2D eigenvalue weighted by Crippen LogP contribution is -2.43. The molecule has 1 fully saturated rings. The fourth-order valence-electron chi connectivity index (χ4n) is 3.32. The SMILES string of the molecule is CCCCCC1=CC(=O)C(C2CCN(C)CC2)C(=O)C1=O. The van der Waals surface area contributed by atoms with E-state index in [0.29, 0.717) is 12.0 Å². The Balaban J connectivity index is 2.07. The molecule has 21 heavy (non-hydrogen) atoms. The molecule has 0 bridgehead atoms. The van der Waals surface area contributed by atoms with Crippen LogP contribution in [0, 0.1) is 11.8 Å². The Morgan fingerprint density at radius 1 is 1.14 bits per heavy atom. The summed E-state index contributed by atoms with van der Waals surface area (Å²) >= 11 is 0. The Bertz CT molecular complexity index is 459. The molecule has 2 aliphatic rings. The molecule has 0 amide bonds. The monoisotopic (exact) mass is 291 g/mol. The molecular weight excluding hydrogens is 266 g/mol. The normalized spacial score (nSPS) is 25.3. The molecular formula is C17H25NO3. The zero-order chi connectivity index (χ0) is 15.4. The maximum Gasteiger partial charge on any atom is 0.225 e. The number of nitrogens with zero attached hydrogens (tertiary/aromatic N) is 1. The van der Waals surface area contributed by atoms with E-state index in [2.05, 4.69) is 11.8 Å². The van der Waals surface area contributed by atoms with Crippen molar-refractivity contribution in [1.82, 2.24) is 4.90 Å². The van der Waals surface area contributed by atoms with Crippen LogP contribution in [0.3, 0.4) is 0 Å². The lowest BCUT2D eigenvalue weighted by molar-refractivity contribution is -0.143. The van der Waals surface area contributed by atoms with E-state index in [0.717, 1.165) is 45.2 Å². The molecule has 1 saturated heterocycles. The number of hydrogen-bond acceptors (Lipinski definition) is 4. The van der Waals surface area contributed by atoms with Gasteiger partial charge in [0, 0.05) is 5.57 Å². The molecule has 1 heterocycles. The summed E-state index contributed by atoms with van der Waals surface area (Å²) in [5.74, 6) is -1.67. The lowest BCUT2D eigenvalue weighted by Gasteiger charge is -2.33. The van der Waals surface area contributed by atoms with Crippen LogP contribution in [-0.2, 0) is 14.4 Å². The van der Waals surface area contributed by atoms with Crippen LogP contribution in [0.25, 0.3) is 0 Å². The summed E-state index contributed by atoms with van der Waals surface area (Å²) < 4.78 is 0. The third-order valence-electron chi connectivity index (χ3n) is 4.71. The van der Waals surface area contributed by atoms with Gasteiger partial charge in [-0.25, -0.2) is 0 Å². The minimum absolute atomic E-state index is 0.0404. The molecule has 116 valence electrons. The maximum absolute atomic E-state index is 12.3. The van der Waals surface area contributed by atoms with Crippen molar-refractivity contribution in [2.45, 2.75) is 45.4 Å². The number of likely N-dealkylation sites (tertiary alicyclic amines) is 1. The number of allylic oxidation sites excluding steroid dienone is 2. The molecule has 0 spiro atoms. The molecule has 1 atom stereocenters. The Morgan fingerprint density at radius 2 is 1.81 bits per heavy atom. The van der Waals surface area contributed by atoms with Gasteiger partial charge in [0.25, 0.3) is 0 Å². The van der Waals surface area contributed by atoms with E-state index in [9.17, 15) is 14.4 Å². The van der Waals surface area contributed by atoms with Gasteiger partial charge in [0.05, 0.1) is 5.92 Å². The first-order chi connectivity index (χ1) is 10.0. The molecule has 0 N–H and O–H groups in total. The predicted octanol–water partition coefficient (Wildman–Crippen LogP) is 2.17. The minimum atomic E-state index is -0.707. The first-order valence-corrected chi connectivity index (χ1v) is 8.06. The van der Waals surface area contributed by atoms with Gasteiger partial charge in [0.15, 0.2) is 5.78 Å². The third kappa shape index (κ3) is 3.67. The van der Waals surface area contributed by atoms with Gasteiger partial charge in [0.2, 0.25) is 11.6 Å². The van der Waals surface area contributed by atoms with Gasteiger partial charge in [-0.15, -0.1) is 0 Å². The number of unbranched alkanes of at least 4 members (excludes halogenated alkanes) is 2. The second-order valence-electron chi connectivity index (χ2n) is 6.34. The van der Waals surface area contributed by atoms with Gasteiger partial charge in [-0.05, 0) is 57.8 Å². The van der Waals surface area contributed by atoms with Gasteiger partial charge in [-0.2, -0.15) is 0 Å². The van der Waals surface area contributed by atoms with Crippen molar-refractivity contribution in [2.75, 3.05) is 20.1 Å². The second-order valence-corrected chi connectivity index (χ2v) is 6.34. The largest absolute Gasteiger partial charge is 0.306 e. The van der Waals surface area contributed by atoms with E-state index in [-0.39, 0.29) is 11.7 Å². The van der Waals surface area contributed by atoms with Gasteiger partial charge in [-0.3, -0.25) is 14.4 Å². The fourth-order valence-corrected chi connectivity index (χ4v) is 3.32. The molecule has 0 radical (unpaired) electrons. The van der Waals surface area contributed by atoms with Gasteiger partial charge in [-0.1, -0.05) is 19.8 Å². The molecule has 1 aliphatic heterocycles. The molecule has 1 unspecified atom stereocenters. The topological polar surface area (TPSA) is 54.5 Å². The van der Waals surface area contributed by atoms with E-state index in [1.165, 1.54) is 6.08 Å². The van der Waals surface area contributed by atoms with Crippen molar-refractivity contribution in [3.8, 4) is 0 Å². The summed E-state index contributed by atoms with van der Waals surface area (Å²) in [4.78, 5) is 39.0. The Hall–Kier alpha value is -1.29. The van der Waals surface area contributed by atoms with Crippen molar-refractivity contribution < 1.29 is 14.4 Å². The summed E-state index contributed by atoms with van der Waals surface area (Å²) in [6.07, 6.45) is 6.61. The molecule has 0 saturated carbocycles. The standard InChI is InChI=1S/C17H25NO3/c1-3-4-5-6-13-11-14(19)15(17(21)16(13)20)12-7-9-18(2)10-8-12/h11-12,15H,3-10H2,1-2H3. The third-order valence-corrected chi connectivity index (χ3v) is 4.71. The molecule has 0 aromatic carbocycles. The Morgan fingerprint density at radius 3 is 2.43 bits per heavy atom. The van der Waals surface area contributed by atoms with E-state index >= 15 is 0 Å². The molecule has 0 aromatic rings. The summed E-state index contributed by atoms with van der Waals surface area (Å²) in [5, 5.41) is 0. The quantitative estimate of drug-likeness (QED) is 0.442. The Kier molecular flexibility index (Phi) is 5.45. The highest BCUT2D eigenvalue weighted by molar-refractivity contribution is 6.50. The van der Waals surface area contributed by atoms with Gasteiger partial charge >= 0.3 is 0 Å². The summed E-state index contributed by atoms with van der Waals surface area (Å²) in [6.45, 7) is 3.87. The summed E-state index contributed by atoms with van der Waals surface area (Å²) in [6, 6.07) is 0. The zero-order valence-electron chi connectivity index (χ0n) is 13.1. The number of Topliss-reactive ketones (excluding diaryl/α,β-unsaturated/α-hetero) is 2.